The lowest BCUT2D eigenvalue weighted by Gasteiger charge is -2.17. The highest BCUT2D eigenvalue weighted by Crippen LogP contribution is 2.24. The van der Waals surface area contributed by atoms with Gasteiger partial charge in [0.1, 0.15) is 12.4 Å². The first-order valence-electron chi connectivity index (χ1n) is 9.19. The number of benzene rings is 2. The Morgan fingerprint density at radius 2 is 2.07 bits per heavy atom. The maximum atomic E-state index is 6.04. The highest BCUT2D eigenvalue weighted by atomic mass is 35.5. The molecule has 0 spiro atoms. The van der Waals surface area contributed by atoms with E-state index in [4.69, 9.17) is 22.1 Å². The van der Waals surface area contributed by atoms with Gasteiger partial charge in [0.2, 0.25) is 0 Å². The van der Waals surface area contributed by atoms with Crippen molar-refractivity contribution in [3.05, 3.63) is 77.1 Å². The number of hydrogen-bond donors (Lipinski definition) is 2. The summed E-state index contributed by atoms with van der Waals surface area (Å²) >= 11 is 7.53. The van der Waals surface area contributed by atoms with Crippen molar-refractivity contribution >= 4 is 23.5 Å². The van der Waals surface area contributed by atoms with E-state index in [1.807, 2.05) is 43.7 Å². The van der Waals surface area contributed by atoms with Gasteiger partial charge in [-0.15, -0.1) is 0 Å². The Labute approximate surface area is 175 Å². The quantitative estimate of drug-likeness (QED) is 0.386. The molecule has 148 valence electrons. The minimum Gasteiger partial charge on any atom is -0.492 e. The van der Waals surface area contributed by atoms with Gasteiger partial charge in [0, 0.05) is 30.7 Å². The van der Waals surface area contributed by atoms with Crippen LogP contribution >= 0.6 is 23.5 Å². The van der Waals surface area contributed by atoms with Gasteiger partial charge in [-0.3, -0.25) is 9.40 Å². The minimum absolute atomic E-state index is 0.240. The first-order chi connectivity index (χ1) is 13.6. The molecule has 3 aromatic rings. The largest absolute Gasteiger partial charge is 0.492 e. The van der Waals surface area contributed by atoms with Crippen molar-refractivity contribution in [3.8, 4) is 5.75 Å². The van der Waals surface area contributed by atoms with E-state index in [0.717, 1.165) is 28.6 Å². The van der Waals surface area contributed by atoms with Gasteiger partial charge in [-0.25, -0.2) is 0 Å². The molecular weight excluding hydrogens is 392 g/mol. The molecule has 0 saturated heterocycles. The van der Waals surface area contributed by atoms with Crippen molar-refractivity contribution < 1.29 is 4.74 Å². The van der Waals surface area contributed by atoms with Crippen molar-refractivity contribution in [1.29, 1.82) is 0 Å². The number of nitrogens with two attached hydrogens (primary N) is 1. The molecule has 3 rings (SSSR count). The van der Waals surface area contributed by atoms with E-state index in [9.17, 15) is 0 Å². The standard InChI is InChI=1S/C21H25ClN4OS/c1-26-15-21(14-24-26)28-25-9-10-27-20-4-2-3-17(12-20)18(13-23)11-16-5-7-19(22)8-6-16/h2-8,12,14-15,18,25H,9-11,13,23H2,1H3. The van der Waals surface area contributed by atoms with Gasteiger partial charge in [0.15, 0.2) is 0 Å². The number of aryl methyl sites for hydroxylation is 1. The number of ether oxygens (including phenoxy) is 1. The van der Waals surface area contributed by atoms with Crippen LogP contribution in [0.2, 0.25) is 5.02 Å². The van der Waals surface area contributed by atoms with Crippen LogP contribution in [0.1, 0.15) is 17.0 Å². The molecule has 2 aromatic carbocycles. The topological polar surface area (TPSA) is 65.1 Å². The number of nitrogens with zero attached hydrogens (tertiary/aromatic N) is 2. The van der Waals surface area contributed by atoms with Gasteiger partial charge in [-0.2, -0.15) is 5.10 Å². The van der Waals surface area contributed by atoms with Crippen molar-refractivity contribution in [2.45, 2.75) is 17.2 Å². The number of rotatable bonds is 10. The molecule has 1 unspecified atom stereocenters. The average Bonchev–Trinajstić information content (AvgIpc) is 3.12. The summed E-state index contributed by atoms with van der Waals surface area (Å²) in [5.41, 5.74) is 8.46. The molecule has 0 aliphatic carbocycles. The lowest BCUT2D eigenvalue weighted by atomic mass is 9.92. The highest BCUT2D eigenvalue weighted by molar-refractivity contribution is 7.97. The maximum absolute atomic E-state index is 6.04. The zero-order chi connectivity index (χ0) is 19.8. The lowest BCUT2D eigenvalue weighted by molar-refractivity contribution is 0.324. The molecule has 1 aromatic heterocycles. The van der Waals surface area contributed by atoms with Gasteiger partial charge in [-0.1, -0.05) is 35.9 Å². The third kappa shape index (κ3) is 6.27. The summed E-state index contributed by atoms with van der Waals surface area (Å²) in [7, 11) is 1.90. The van der Waals surface area contributed by atoms with Crippen molar-refractivity contribution in [3.63, 3.8) is 0 Å². The predicted molar refractivity (Wildman–Crippen MR) is 116 cm³/mol. The van der Waals surface area contributed by atoms with Crippen LogP contribution < -0.4 is 15.2 Å². The zero-order valence-electron chi connectivity index (χ0n) is 15.8. The maximum Gasteiger partial charge on any atom is 0.119 e. The van der Waals surface area contributed by atoms with E-state index < -0.39 is 0 Å². The number of hydrogen-bond acceptors (Lipinski definition) is 5. The Morgan fingerprint density at radius 3 is 2.79 bits per heavy atom. The summed E-state index contributed by atoms with van der Waals surface area (Å²) in [6.45, 7) is 1.89. The van der Waals surface area contributed by atoms with Crippen molar-refractivity contribution in [2.24, 2.45) is 12.8 Å². The summed E-state index contributed by atoms with van der Waals surface area (Å²) in [6, 6.07) is 16.1. The van der Waals surface area contributed by atoms with Crippen LogP contribution in [0.3, 0.4) is 0 Å². The molecule has 28 heavy (non-hydrogen) atoms. The average molecular weight is 417 g/mol. The number of halogens is 1. The van der Waals surface area contributed by atoms with E-state index in [1.54, 1.807) is 16.6 Å². The predicted octanol–water partition coefficient (Wildman–Crippen LogP) is 4.03. The molecule has 0 fully saturated rings. The molecule has 1 atom stereocenters. The summed E-state index contributed by atoms with van der Waals surface area (Å²) in [4.78, 5) is 1.08. The molecule has 7 heteroatoms. The van der Waals surface area contributed by atoms with E-state index in [-0.39, 0.29) is 5.92 Å². The second kappa shape index (κ2) is 10.5. The minimum atomic E-state index is 0.240. The highest BCUT2D eigenvalue weighted by Gasteiger charge is 2.12. The Morgan fingerprint density at radius 1 is 1.25 bits per heavy atom. The molecule has 3 N–H and O–H groups in total. The van der Waals surface area contributed by atoms with Gasteiger partial charge in [-0.05, 0) is 60.3 Å². The molecule has 0 radical (unpaired) electrons. The zero-order valence-corrected chi connectivity index (χ0v) is 17.4. The fraction of sp³-hybridized carbons (Fsp3) is 0.286. The molecule has 0 aliphatic rings. The van der Waals surface area contributed by atoms with Crippen LogP contribution in [0.4, 0.5) is 0 Å². The summed E-state index contributed by atoms with van der Waals surface area (Å²) in [6.07, 6.45) is 4.67. The molecule has 0 amide bonds. The van der Waals surface area contributed by atoms with Gasteiger partial charge < -0.3 is 10.5 Å². The van der Waals surface area contributed by atoms with Crippen LogP contribution in [-0.4, -0.2) is 29.5 Å². The molecule has 1 heterocycles. The monoisotopic (exact) mass is 416 g/mol. The van der Waals surface area contributed by atoms with Gasteiger partial charge in [0.25, 0.3) is 0 Å². The normalized spacial score (nSPS) is 12.1. The fourth-order valence-electron chi connectivity index (χ4n) is 2.90. The molecular formula is C21H25ClN4OS. The molecule has 0 bridgehead atoms. The molecule has 0 aliphatic heterocycles. The van der Waals surface area contributed by atoms with Crippen LogP contribution in [0.15, 0.2) is 65.8 Å². The van der Waals surface area contributed by atoms with E-state index in [1.165, 1.54) is 11.1 Å². The second-order valence-electron chi connectivity index (χ2n) is 6.53. The third-order valence-corrected chi connectivity index (χ3v) is 5.40. The third-order valence-electron chi connectivity index (χ3n) is 4.35. The van der Waals surface area contributed by atoms with Crippen LogP contribution in [0.5, 0.6) is 5.75 Å². The van der Waals surface area contributed by atoms with E-state index >= 15 is 0 Å². The Balaban J connectivity index is 1.49. The number of nitrogens with one attached hydrogen (secondary N) is 1. The summed E-state index contributed by atoms with van der Waals surface area (Å²) < 4.78 is 11.0. The first-order valence-corrected chi connectivity index (χ1v) is 10.4. The summed E-state index contributed by atoms with van der Waals surface area (Å²) in [5, 5.41) is 4.89. The SMILES string of the molecule is Cn1cc(SNCCOc2cccc(C(CN)Cc3ccc(Cl)cc3)c2)cn1. The van der Waals surface area contributed by atoms with E-state index in [2.05, 4.69) is 34.1 Å². The second-order valence-corrected chi connectivity index (χ2v) is 7.93. The Kier molecular flexibility index (Phi) is 7.80. The van der Waals surface area contributed by atoms with E-state index in [0.29, 0.717) is 13.2 Å². The van der Waals surface area contributed by atoms with Crippen LogP contribution in [-0.2, 0) is 13.5 Å². The molecule has 5 nitrogen and oxygen atoms in total. The smallest absolute Gasteiger partial charge is 0.119 e. The van der Waals surface area contributed by atoms with Gasteiger partial charge >= 0.3 is 0 Å². The Hall–Kier alpha value is -1.99. The fourth-order valence-corrected chi connectivity index (χ4v) is 3.68. The Bertz CT molecular complexity index is 869. The number of aromatic nitrogens is 2. The first kappa shape index (κ1) is 20.7. The van der Waals surface area contributed by atoms with Crippen LogP contribution in [0.25, 0.3) is 0 Å². The van der Waals surface area contributed by atoms with Crippen molar-refractivity contribution in [1.82, 2.24) is 14.5 Å². The summed E-state index contributed by atoms with van der Waals surface area (Å²) in [5.74, 6) is 1.10. The van der Waals surface area contributed by atoms with Gasteiger partial charge in [0.05, 0.1) is 11.1 Å². The molecule has 0 saturated carbocycles. The lowest BCUT2D eigenvalue weighted by Crippen LogP contribution is -2.16. The van der Waals surface area contributed by atoms with Crippen molar-refractivity contribution in [2.75, 3.05) is 19.7 Å². The van der Waals surface area contributed by atoms with Crippen LogP contribution in [0, 0.1) is 0 Å².